The van der Waals surface area contributed by atoms with Gasteiger partial charge in [0.2, 0.25) is 10.0 Å². The standard InChI is InChI=1S/C18H20ClFN2O3S/c1-3-5-12(2)22-26(24,25)15-8-9-17(16(20)11-15)21-18(23)13-6-4-7-14(19)10-13/h4,6-12,22H,3,5H2,1-2H3,(H,21,23)/t12-/m0/s1. The first-order chi connectivity index (χ1) is 12.2. The van der Waals surface area contributed by atoms with Crippen molar-refractivity contribution in [2.75, 3.05) is 5.32 Å². The molecule has 0 radical (unpaired) electrons. The van der Waals surface area contributed by atoms with Crippen LogP contribution in [0.3, 0.4) is 0 Å². The summed E-state index contributed by atoms with van der Waals surface area (Å²) in [5, 5.41) is 2.79. The minimum absolute atomic E-state index is 0.115. The summed E-state index contributed by atoms with van der Waals surface area (Å²) in [5.74, 6) is -1.39. The molecule has 0 aliphatic rings. The number of amides is 1. The highest BCUT2D eigenvalue weighted by atomic mass is 35.5. The molecule has 0 saturated heterocycles. The molecule has 2 rings (SSSR count). The topological polar surface area (TPSA) is 75.3 Å². The van der Waals surface area contributed by atoms with Gasteiger partial charge < -0.3 is 5.32 Å². The maximum absolute atomic E-state index is 14.3. The number of benzene rings is 2. The van der Waals surface area contributed by atoms with Crippen LogP contribution in [0.1, 0.15) is 37.0 Å². The van der Waals surface area contributed by atoms with Gasteiger partial charge in [-0.2, -0.15) is 0 Å². The van der Waals surface area contributed by atoms with E-state index < -0.39 is 21.7 Å². The average molecular weight is 399 g/mol. The Kier molecular flexibility index (Phi) is 6.75. The predicted molar refractivity (Wildman–Crippen MR) is 100 cm³/mol. The highest BCUT2D eigenvalue weighted by Crippen LogP contribution is 2.21. The summed E-state index contributed by atoms with van der Waals surface area (Å²) in [5.41, 5.74) is 0.152. The molecule has 0 fully saturated rings. The molecule has 2 aromatic carbocycles. The maximum Gasteiger partial charge on any atom is 0.255 e. The highest BCUT2D eigenvalue weighted by Gasteiger charge is 2.19. The second kappa shape index (κ2) is 8.62. The first-order valence-electron chi connectivity index (χ1n) is 8.11. The number of hydrogen-bond donors (Lipinski definition) is 2. The summed E-state index contributed by atoms with van der Waals surface area (Å²) < 4.78 is 41.3. The Morgan fingerprint density at radius 2 is 1.96 bits per heavy atom. The lowest BCUT2D eigenvalue weighted by Gasteiger charge is -2.14. The van der Waals surface area contributed by atoms with Crippen molar-refractivity contribution in [2.45, 2.75) is 37.6 Å². The van der Waals surface area contributed by atoms with Crippen LogP contribution in [0.25, 0.3) is 0 Å². The summed E-state index contributed by atoms with van der Waals surface area (Å²) in [6, 6.07) is 9.31. The molecule has 140 valence electrons. The van der Waals surface area contributed by atoms with Crippen molar-refractivity contribution in [1.82, 2.24) is 4.72 Å². The van der Waals surface area contributed by atoms with Gasteiger partial charge in [-0.25, -0.2) is 17.5 Å². The smallest absolute Gasteiger partial charge is 0.255 e. The monoisotopic (exact) mass is 398 g/mol. The summed E-state index contributed by atoms with van der Waals surface area (Å²) in [7, 11) is -3.83. The van der Waals surface area contributed by atoms with Crippen molar-refractivity contribution >= 4 is 33.2 Å². The van der Waals surface area contributed by atoms with Crippen LogP contribution in [0.5, 0.6) is 0 Å². The lowest BCUT2D eigenvalue weighted by Crippen LogP contribution is -2.32. The van der Waals surface area contributed by atoms with Crippen molar-refractivity contribution in [2.24, 2.45) is 0 Å². The number of rotatable bonds is 7. The van der Waals surface area contributed by atoms with Crippen LogP contribution in [0.2, 0.25) is 5.02 Å². The van der Waals surface area contributed by atoms with E-state index in [4.69, 9.17) is 11.6 Å². The van der Waals surface area contributed by atoms with Crippen molar-refractivity contribution < 1.29 is 17.6 Å². The first-order valence-corrected chi connectivity index (χ1v) is 9.98. The molecule has 0 aliphatic carbocycles. The fraction of sp³-hybridized carbons (Fsp3) is 0.278. The number of hydrogen-bond acceptors (Lipinski definition) is 3. The van der Waals surface area contributed by atoms with Crippen molar-refractivity contribution in [1.29, 1.82) is 0 Å². The van der Waals surface area contributed by atoms with Gasteiger partial charge in [-0.05, 0) is 49.7 Å². The zero-order valence-electron chi connectivity index (χ0n) is 14.4. The third-order valence-electron chi connectivity index (χ3n) is 3.66. The van der Waals surface area contributed by atoms with Crippen LogP contribution >= 0.6 is 11.6 Å². The second-order valence-electron chi connectivity index (χ2n) is 5.92. The largest absolute Gasteiger partial charge is 0.319 e. The van der Waals surface area contributed by atoms with Gasteiger partial charge >= 0.3 is 0 Å². The number of nitrogens with one attached hydrogen (secondary N) is 2. The Morgan fingerprint density at radius 1 is 1.23 bits per heavy atom. The van der Waals surface area contributed by atoms with E-state index in [0.29, 0.717) is 11.4 Å². The van der Waals surface area contributed by atoms with Gasteiger partial charge in [-0.1, -0.05) is 31.0 Å². The molecular formula is C18H20ClFN2O3S. The Labute approximate surface area is 157 Å². The van der Waals surface area contributed by atoms with Gasteiger partial charge in [0, 0.05) is 16.6 Å². The number of anilines is 1. The Bertz CT molecular complexity index is 903. The van der Waals surface area contributed by atoms with E-state index in [1.807, 2.05) is 6.92 Å². The fourth-order valence-electron chi connectivity index (χ4n) is 2.41. The number of carbonyl (C=O) groups is 1. The molecule has 0 bridgehead atoms. The Balaban J connectivity index is 2.18. The van der Waals surface area contributed by atoms with Crippen LogP contribution in [-0.4, -0.2) is 20.4 Å². The molecule has 0 saturated carbocycles. The number of carbonyl (C=O) groups excluding carboxylic acids is 1. The van der Waals surface area contributed by atoms with E-state index in [1.54, 1.807) is 19.1 Å². The first kappa shape index (κ1) is 20.4. The summed E-state index contributed by atoms with van der Waals surface area (Å²) >= 11 is 5.83. The van der Waals surface area contributed by atoms with Crippen LogP contribution in [0, 0.1) is 5.82 Å². The molecule has 0 unspecified atom stereocenters. The zero-order chi connectivity index (χ0) is 19.3. The Hall–Kier alpha value is -1.96. The van der Waals surface area contributed by atoms with Crippen LogP contribution in [0.15, 0.2) is 47.4 Å². The van der Waals surface area contributed by atoms with E-state index in [0.717, 1.165) is 12.5 Å². The average Bonchev–Trinajstić information content (AvgIpc) is 2.56. The van der Waals surface area contributed by atoms with E-state index >= 15 is 0 Å². The third kappa shape index (κ3) is 5.27. The SMILES string of the molecule is CCC[C@H](C)NS(=O)(=O)c1ccc(NC(=O)c2cccc(Cl)c2)c(F)c1. The summed E-state index contributed by atoms with van der Waals surface area (Å²) in [6.45, 7) is 3.69. The quantitative estimate of drug-likeness (QED) is 0.734. The van der Waals surface area contributed by atoms with Crippen LogP contribution in [-0.2, 0) is 10.0 Å². The molecule has 0 heterocycles. The van der Waals surface area contributed by atoms with Crippen molar-refractivity contribution in [3.63, 3.8) is 0 Å². The summed E-state index contributed by atoms with van der Waals surface area (Å²) in [6.07, 6.45) is 1.50. The maximum atomic E-state index is 14.3. The van der Waals surface area contributed by atoms with E-state index in [2.05, 4.69) is 10.0 Å². The molecule has 0 spiro atoms. The van der Waals surface area contributed by atoms with Crippen molar-refractivity contribution in [3.05, 3.63) is 58.9 Å². The van der Waals surface area contributed by atoms with E-state index in [9.17, 15) is 17.6 Å². The lowest BCUT2D eigenvalue weighted by molar-refractivity contribution is 0.102. The van der Waals surface area contributed by atoms with Gasteiger partial charge in [-0.3, -0.25) is 4.79 Å². The van der Waals surface area contributed by atoms with E-state index in [1.165, 1.54) is 24.3 Å². The minimum atomic E-state index is -3.83. The Morgan fingerprint density at radius 3 is 2.58 bits per heavy atom. The molecule has 1 atom stereocenters. The molecule has 0 aromatic heterocycles. The van der Waals surface area contributed by atoms with Crippen LogP contribution < -0.4 is 10.0 Å². The molecule has 8 heteroatoms. The molecule has 0 aliphatic heterocycles. The highest BCUT2D eigenvalue weighted by molar-refractivity contribution is 7.89. The van der Waals surface area contributed by atoms with Gasteiger partial charge in [0.05, 0.1) is 10.6 Å². The van der Waals surface area contributed by atoms with Gasteiger partial charge in [-0.15, -0.1) is 0 Å². The normalized spacial score (nSPS) is 12.6. The van der Waals surface area contributed by atoms with Gasteiger partial charge in [0.15, 0.2) is 0 Å². The molecular weight excluding hydrogens is 379 g/mol. The lowest BCUT2D eigenvalue weighted by atomic mass is 10.2. The number of halogens is 2. The zero-order valence-corrected chi connectivity index (χ0v) is 16.0. The van der Waals surface area contributed by atoms with Gasteiger partial charge in [0.1, 0.15) is 5.82 Å². The van der Waals surface area contributed by atoms with Gasteiger partial charge in [0.25, 0.3) is 5.91 Å². The van der Waals surface area contributed by atoms with Crippen LogP contribution in [0.4, 0.5) is 10.1 Å². The van der Waals surface area contributed by atoms with Crippen molar-refractivity contribution in [3.8, 4) is 0 Å². The second-order valence-corrected chi connectivity index (χ2v) is 8.07. The van der Waals surface area contributed by atoms with E-state index in [-0.39, 0.29) is 22.2 Å². The molecule has 1 amide bonds. The third-order valence-corrected chi connectivity index (χ3v) is 5.49. The fourth-order valence-corrected chi connectivity index (χ4v) is 3.89. The summed E-state index contributed by atoms with van der Waals surface area (Å²) in [4.78, 5) is 12.0. The molecule has 2 aromatic rings. The molecule has 26 heavy (non-hydrogen) atoms. The molecule has 2 N–H and O–H groups in total. The molecule has 5 nitrogen and oxygen atoms in total. The number of sulfonamides is 1. The minimum Gasteiger partial charge on any atom is -0.319 e. The predicted octanol–water partition coefficient (Wildman–Crippen LogP) is 4.20.